The van der Waals surface area contributed by atoms with Crippen molar-refractivity contribution >= 4 is 28.4 Å². The molecule has 162 valence electrons. The average molecular weight is 423 g/mol. The second-order valence-electron chi connectivity index (χ2n) is 8.69. The van der Waals surface area contributed by atoms with E-state index in [0.717, 1.165) is 50.7 Å². The highest BCUT2D eigenvalue weighted by Gasteiger charge is 2.31. The number of aromatic nitrogens is 3. The molecule has 1 aliphatic carbocycles. The Morgan fingerprint density at radius 3 is 2.84 bits per heavy atom. The quantitative estimate of drug-likeness (QED) is 0.495. The minimum atomic E-state index is -0.282. The molecule has 1 amide bonds. The van der Waals surface area contributed by atoms with Gasteiger partial charge >= 0.3 is 0 Å². The Kier molecular flexibility index (Phi) is 5.09. The summed E-state index contributed by atoms with van der Waals surface area (Å²) in [6, 6.07) is 5.51. The number of hydrogen-bond acceptors (Lipinski definition) is 5. The molecule has 1 saturated heterocycles. The molecule has 5 rings (SSSR count). The van der Waals surface area contributed by atoms with Crippen molar-refractivity contribution in [2.45, 2.75) is 57.6 Å². The number of amides is 1. The van der Waals surface area contributed by atoms with Crippen LogP contribution in [0.5, 0.6) is 0 Å². The number of carbonyl (C=O) groups excluding carboxylic acids is 1. The molecule has 0 radical (unpaired) electrons. The van der Waals surface area contributed by atoms with Crippen LogP contribution in [0.1, 0.15) is 60.5 Å². The minimum absolute atomic E-state index is 0.0341. The van der Waals surface area contributed by atoms with E-state index in [2.05, 4.69) is 5.32 Å². The predicted octanol–water partition coefficient (Wildman–Crippen LogP) is 2.05. The van der Waals surface area contributed by atoms with Crippen molar-refractivity contribution in [3.05, 3.63) is 45.9 Å². The summed E-state index contributed by atoms with van der Waals surface area (Å²) >= 11 is 0. The fourth-order valence-corrected chi connectivity index (χ4v) is 4.84. The van der Waals surface area contributed by atoms with Gasteiger partial charge in [-0.3, -0.25) is 14.0 Å². The van der Waals surface area contributed by atoms with Gasteiger partial charge in [-0.1, -0.05) is 11.1 Å². The lowest BCUT2D eigenvalue weighted by atomic mass is 10.1. The largest absolute Gasteiger partial charge is 0.376 e. The second kappa shape index (κ2) is 7.92. The van der Waals surface area contributed by atoms with Crippen molar-refractivity contribution in [2.24, 2.45) is 0 Å². The number of rotatable bonds is 4. The summed E-state index contributed by atoms with van der Waals surface area (Å²) in [5, 5.41) is 3.35. The molecule has 3 aromatic rings. The van der Waals surface area contributed by atoms with Crippen LogP contribution in [0.4, 0.5) is 5.82 Å². The molecular formula is C23H28N5O3+. The fourth-order valence-electron chi connectivity index (χ4n) is 4.84. The Labute approximate surface area is 180 Å². The van der Waals surface area contributed by atoms with Crippen molar-refractivity contribution in [1.82, 2.24) is 14.7 Å². The van der Waals surface area contributed by atoms with Crippen LogP contribution >= 0.6 is 0 Å². The number of nitrogens with one attached hydrogen (secondary N) is 1. The lowest BCUT2D eigenvalue weighted by Gasteiger charge is -2.17. The lowest BCUT2D eigenvalue weighted by Crippen LogP contribution is -2.46. The van der Waals surface area contributed by atoms with Gasteiger partial charge in [-0.25, -0.2) is 4.57 Å². The zero-order valence-corrected chi connectivity index (χ0v) is 17.8. The molecule has 2 aliphatic rings. The van der Waals surface area contributed by atoms with Crippen molar-refractivity contribution in [1.29, 1.82) is 0 Å². The molecule has 2 fully saturated rings. The van der Waals surface area contributed by atoms with Crippen LogP contribution in [0.15, 0.2) is 29.2 Å². The van der Waals surface area contributed by atoms with Gasteiger partial charge in [0.05, 0.1) is 12.1 Å². The molecule has 1 atom stereocenters. The van der Waals surface area contributed by atoms with E-state index in [9.17, 15) is 9.59 Å². The predicted molar refractivity (Wildman–Crippen MR) is 117 cm³/mol. The van der Waals surface area contributed by atoms with E-state index in [1.165, 1.54) is 0 Å². The number of anilines is 1. The third-order valence-electron chi connectivity index (χ3n) is 6.49. The Balaban J connectivity index is 1.67. The number of pyridine rings is 2. The van der Waals surface area contributed by atoms with Gasteiger partial charge in [0.15, 0.2) is 0 Å². The zero-order chi connectivity index (χ0) is 21.5. The van der Waals surface area contributed by atoms with E-state index < -0.39 is 0 Å². The topological polar surface area (TPSA) is 103 Å². The van der Waals surface area contributed by atoms with Crippen LogP contribution in [0.2, 0.25) is 0 Å². The molecule has 1 aliphatic heterocycles. The summed E-state index contributed by atoms with van der Waals surface area (Å²) in [6.45, 7) is 3.10. The lowest BCUT2D eigenvalue weighted by molar-refractivity contribution is -0.685. The van der Waals surface area contributed by atoms with Gasteiger partial charge in [0.25, 0.3) is 17.1 Å². The molecular weight excluding hydrogens is 394 g/mol. The standard InChI is InChI=1S/C23H27N5O3/c1-14-8-9-19-26-21-18(23(30)27(19)13-14)11-17(20(24)28(21)15-5-2-3-6-15)22(29)25-12-16-7-4-10-31-16/h8-9,11,13,15-16,24H,2-7,10,12H2,1H3,(H,25,29)/p+1/t16-/m0/s1. The van der Waals surface area contributed by atoms with Crippen LogP contribution < -0.4 is 21.2 Å². The van der Waals surface area contributed by atoms with Crippen molar-refractivity contribution < 1.29 is 14.1 Å². The van der Waals surface area contributed by atoms with E-state index in [1.807, 2.05) is 23.6 Å². The Morgan fingerprint density at radius 1 is 1.29 bits per heavy atom. The van der Waals surface area contributed by atoms with Crippen molar-refractivity contribution in [2.75, 3.05) is 18.9 Å². The monoisotopic (exact) mass is 422 g/mol. The highest BCUT2D eigenvalue weighted by atomic mass is 16.5. The number of fused-ring (bicyclic) bond motifs is 2. The van der Waals surface area contributed by atoms with Gasteiger partial charge in [-0.15, -0.1) is 0 Å². The number of nitrogens with zero attached hydrogens (tertiary/aromatic N) is 3. The number of nitrogens with two attached hydrogens (primary N) is 1. The van der Waals surface area contributed by atoms with Gasteiger partial charge in [-0.2, -0.15) is 0 Å². The number of hydrogen-bond donors (Lipinski definition) is 2. The Hall–Kier alpha value is -3.00. The van der Waals surface area contributed by atoms with E-state index in [0.29, 0.717) is 34.6 Å². The minimum Gasteiger partial charge on any atom is -0.376 e. The molecule has 8 nitrogen and oxygen atoms in total. The highest BCUT2D eigenvalue weighted by Crippen LogP contribution is 2.28. The van der Waals surface area contributed by atoms with Gasteiger partial charge in [0.2, 0.25) is 11.5 Å². The summed E-state index contributed by atoms with van der Waals surface area (Å²) in [5.74, 6) is 0.0861. The molecule has 31 heavy (non-hydrogen) atoms. The first kappa shape index (κ1) is 19.9. The Bertz CT molecular complexity index is 1220. The summed E-state index contributed by atoms with van der Waals surface area (Å²) in [4.78, 5) is 31.2. The molecule has 0 spiro atoms. The first-order valence-electron chi connectivity index (χ1n) is 11.1. The zero-order valence-electron chi connectivity index (χ0n) is 17.8. The number of carbonyl (C=O) groups is 1. The smallest absolute Gasteiger partial charge is 0.278 e. The maximum atomic E-state index is 13.4. The maximum Gasteiger partial charge on any atom is 0.278 e. The maximum absolute atomic E-state index is 13.4. The molecule has 3 aromatic heterocycles. The van der Waals surface area contributed by atoms with Gasteiger partial charge in [0.1, 0.15) is 10.9 Å². The summed E-state index contributed by atoms with van der Waals surface area (Å²) in [6.07, 6.45) is 7.87. The molecule has 0 aromatic carbocycles. The number of aryl methyl sites for hydroxylation is 1. The van der Waals surface area contributed by atoms with Crippen molar-refractivity contribution in [3.63, 3.8) is 0 Å². The van der Waals surface area contributed by atoms with Gasteiger partial charge in [0, 0.05) is 19.3 Å². The molecule has 3 N–H and O–H groups in total. The van der Waals surface area contributed by atoms with Crippen LogP contribution in [-0.4, -0.2) is 34.5 Å². The summed E-state index contributed by atoms with van der Waals surface area (Å²) in [5.41, 5.74) is 8.77. The second-order valence-corrected chi connectivity index (χ2v) is 8.69. The Morgan fingerprint density at radius 2 is 2.10 bits per heavy atom. The highest BCUT2D eigenvalue weighted by molar-refractivity contribution is 6.00. The molecule has 0 unspecified atom stereocenters. The van der Waals surface area contributed by atoms with Gasteiger partial charge in [-0.05, 0) is 63.1 Å². The number of ether oxygens (including phenoxy) is 1. The molecule has 1 saturated carbocycles. The van der Waals surface area contributed by atoms with Gasteiger partial charge < -0.3 is 15.8 Å². The summed E-state index contributed by atoms with van der Waals surface area (Å²) < 4.78 is 9.07. The summed E-state index contributed by atoms with van der Waals surface area (Å²) in [7, 11) is 0. The first-order chi connectivity index (χ1) is 15.0. The van der Waals surface area contributed by atoms with Crippen LogP contribution in [0.25, 0.3) is 16.7 Å². The average Bonchev–Trinajstić information content (AvgIpc) is 3.47. The fraction of sp³-hybridized carbons (Fsp3) is 0.478. The SMILES string of the molecule is Cc1ccc2nc3c(cc(C(=O)NC[C@@H]4CCCO4)c(N)[n+]3C3CCCC3)c(=O)n2c1. The van der Waals surface area contributed by atoms with Crippen LogP contribution in [-0.2, 0) is 4.74 Å². The third-order valence-corrected chi connectivity index (χ3v) is 6.49. The van der Waals surface area contributed by atoms with E-state index >= 15 is 0 Å². The first-order valence-corrected chi connectivity index (χ1v) is 11.1. The van der Waals surface area contributed by atoms with Crippen LogP contribution in [0, 0.1) is 6.92 Å². The third kappa shape index (κ3) is 3.54. The van der Waals surface area contributed by atoms with Crippen LogP contribution in [0.3, 0.4) is 0 Å². The molecule has 4 heterocycles. The van der Waals surface area contributed by atoms with E-state index in [1.54, 1.807) is 16.7 Å². The molecule has 8 heteroatoms. The molecule has 0 bridgehead atoms. The van der Waals surface area contributed by atoms with Crippen molar-refractivity contribution in [3.8, 4) is 0 Å². The van der Waals surface area contributed by atoms with E-state index in [4.69, 9.17) is 15.5 Å². The normalized spacial score (nSPS) is 19.5. The van der Waals surface area contributed by atoms with E-state index in [-0.39, 0.29) is 23.6 Å². The number of nitrogen functional groups attached to an aromatic ring is 1.